The molecule has 229 valence electrons. The molecule has 0 aliphatic carbocycles. The minimum absolute atomic E-state index is 0.913. The van der Waals surface area contributed by atoms with Crippen molar-refractivity contribution >= 4 is 72.5 Å². The number of H-pyrrole nitrogens is 2. The topological polar surface area (TPSA) is 57.4 Å². The van der Waals surface area contributed by atoms with Crippen LogP contribution in [0, 0.1) is 0 Å². The van der Waals surface area contributed by atoms with Gasteiger partial charge in [0.2, 0.25) is 0 Å². The molecule has 0 saturated heterocycles. The van der Waals surface area contributed by atoms with E-state index >= 15 is 0 Å². The van der Waals surface area contributed by atoms with Gasteiger partial charge < -0.3 is 0 Å². The zero-order valence-electron chi connectivity index (χ0n) is 26.5. The summed E-state index contributed by atoms with van der Waals surface area (Å²) in [6.45, 7) is 0. The first-order valence-corrected chi connectivity index (χ1v) is 17.8. The zero-order chi connectivity index (χ0) is 32.7. The van der Waals surface area contributed by atoms with E-state index in [1.54, 1.807) is 0 Å². The van der Waals surface area contributed by atoms with Crippen LogP contribution in [0.3, 0.4) is 0 Å². The van der Waals surface area contributed by atoms with Crippen LogP contribution >= 0.6 is 0 Å². The molecule has 0 fully saturated rings. The molecule has 7 aromatic rings. The average molecular weight is 732 g/mol. The fourth-order valence-electron chi connectivity index (χ4n) is 6.92. The Balaban J connectivity index is 1.51. The molecule has 0 spiro atoms. The molecule has 8 bridgehead atoms. The minimum atomic E-state index is 0.913. The van der Waals surface area contributed by atoms with Crippen LogP contribution < -0.4 is 3.58 Å². The van der Waals surface area contributed by atoms with Gasteiger partial charge in [-0.1, -0.05) is 0 Å². The van der Waals surface area contributed by atoms with E-state index in [4.69, 9.17) is 9.97 Å². The second-order valence-electron chi connectivity index (χ2n) is 12.2. The van der Waals surface area contributed by atoms with Crippen molar-refractivity contribution in [2.24, 2.45) is 0 Å². The number of nitrogens with zero attached hydrogens (tertiary/aromatic N) is 2. The summed E-state index contributed by atoms with van der Waals surface area (Å²) in [6, 6.07) is 48.9. The summed E-state index contributed by atoms with van der Waals surface area (Å²) in [7, 11) is 0. The molecule has 9 rings (SSSR count). The molecule has 3 aromatic heterocycles. The van der Waals surface area contributed by atoms with Crippen molar-refractivity contribution in [3.8, 4) is 44.5 Å². The molecule has 3 radical (unpaired) electrons. The van der Waals surface area contributed by atoms with Gasteiger partial charge in [-0.3, -0.25) is 0 Å². The van der Waals surface area contributed by atoms with Crippen LogP contribution in [0.4, 0.5) is 0 Å². The summed E-state index contributed by atoms with van der Waals surface area (Å²) in [6.07, 6.45) is 8.61. The second-order valence-corrected chi connectivity index (χ2v) is 13.7. The zero-order valence-corrected chi connectivity index (χ0v) is 29.3. The van der Waals surface area contributed by atoms with Crippen molar-refractivity contribution in [3.63, 3.8) is 0 Å². The Morgan fingerprint density at radius 2 is 0.714 bits per heavy atom. The van der Waals surface area contributed by atoms with E-state index in [0.29, 0.717) is 0 Å². The van der Waals surface area contributed by atoms with Gasteiger partial charge in [-0.25, -0.2) is 0 Å². The number of hydrogen-bond donors (Lipinski definition) is 2. The molecule has 4 aromatic carbocycles. The Kier molecular flexibility index (Phi) is 7.43. The molecule has 2 aliphatic rings. The van der Waals surface area contributed by atoms with Crippen LogP contribution in [0.15, 0.2) is 140 Å². The van der Waals surface area contributed by atoms with Gasteiger partial charge in [0.1, 0.15) is 0 Å². The molecule has 49 heavy (non-hydrogen) atoms. The predicted octanol–water partition coefficient (Wildman–Crippen LogP) is 10.1. The number of aromatic nitrogens is 4. The quantitative estimate of drug-likeness (QED) is 0.177. The SMILES string of the molecule is [Sn][c]1cc2[nH]c1c(-c1ccccc1)c1nc(c(-c3ccccc3)c3ccc([nH]3)c(-c3ccccc3)c3nc(c2-c2ccccc2)C=C3)C=C1. The van der Waals surface area contributed by atoms with Gasteiger partial charge in [0, 0.05) is 0 Å². The Labute approximate surface area is 297 Å². The van der Waals surface area contributed by atoms with Gasteiger partial charge in [-0.15, -0.1) is 0 Å². The third-order valence-corrected chi connectivity index (χ3v) is 10.2. The van der Waals surface area contributed by atoms with E-state index in [9.17, 15) is 0 Å². The van der Waals surface area contributed by atoms with E-state index in [1.165, 1.54) is 26.1 Å². The van der Waals surface area contributed by atoms with Gasteiger partial charge in [0.05, 0.1) is 0 Å². The van der Waals surface area contributed by atoms with E-state index in [0.717, 1.165) is 89.4 Å². The molecule has 5 heterocycles. The molecule has 2 N–H and O–H groups in total. The van der Waals surface area contributed by atoms with Gasteiger partial charge in [-0.05, 0) is 0 Å². The predicted molar refractivity (Wildman–Crippen MR) is 206 cm³/mol. The fraction of sp³-hybridized carbons (Fsp3) is 0. The number of rotatable bonds is 4. The van der Waals surface area contributed by atoms with Crippen molar-refractivity contribution < 1.29 is 0 Å². The van der Waals surface area contributed by atoms with E-state index in [2.05, 4.69) is 174 Å². The van der Waals surface area contributed by atoms with E-state index in [-0.39, 0.29) is 0 Å². The van der Waals surface area contributed by atoms with Crippen LogP contribution in [-0.4, -0.2) is 42.5 Å². The van der Waals surface area contributed by atoms with Gasteiger partial charge >= 0.3 is 299 Å². The number of nitrogens with one attached hydrogen (secondary N) is 2. The summed E-state index contributed by atoms with van der Waals surface area (Å²) in [5.74, 6) is 0. The summed E-state index contributed by atoms with van der Waals surface area (Å²) in [5.41, 5.74) is 16.5. The summed E-state index contributed by atoms with van der Waals surface area (Å²) >= 11 is 1.32. The van der Waals surface area contributed by atoms with Crippen molar-refractivity contribution in [1.29, 1.82) is 0 Å². The van der Waals surface area contributed by atoms with Crippen LogP contribution in [0.25, 0.3) is 90.9 Å². The summed E-state index contributed by atoms with van der Waals surface area (Å²) in [5, 5.41) is 0. The third-order valence-electron chi connectivity index (χ3n) is 9.12. The Bertz CT molecular complexity index is 2580. The number of fused-ring (bicyclic) bond motifs is 8. The Hall–Kier alpha value is -5.72. The molecular weight excluding hydrogens is 703 g/mol. The molecule has 2 aliphatic heterocycles. The second kappa shape index (κ2) is 12.4. The monoisotopic (exact) mass is 733 g/mol. The van der Waals surface area contributed by atoms with Crippen molar-refractivity contribution in [3.05, 3.63) is 162 Å². The summed E-state index contributed by atoms with van der Waals surface area (Å²) in [4.78, 5) is 18.5. The van der Waals surface area contributed by atoms with Crippen LogP contribution in [0.2, 0.25) is 0 Å². The average Bonchev–Trinajstić information content (AvgIpc) is 3.98. The Morgan fingerprint density at radius 1 is 0.367 bits per heavy atom. The van der Waals surface area contributed by atoms with Gasteiger partial charge in [0.15, 0.2) is 0 Å². The molecule has 5 heteroatoms. The molecule has 0 saturated carbocycles. The standard InChI is InChI=1S/C44H29N4.Sn/c1-5-13-29(14-6-1)41-33-21-23-35(45-33)42(30-15-7-2-8-16-30)37-25-27-39(47-37)44(32-19-11-4-12-20-32)40-28-26-38(48-40)43(31-17-9-3-10-18-31)36-24-22-34(41)46-36;/h1-27,45,48H;. The van der Waals surface area contributed by atoms with E-state index < -0.39 is 0 Å². The third kappa shape index (κ3) is 5.35. The Morgan fingerprint density at radius 3 is 1.12 bits per heavy atom. The summed E-state index contributed by atoms with van der Waals surface area (Å²) < 4.78 is 1.23. The maximum absolute atomic E-state index is 5.40. The first-order chi connectivity index (χ1) is 24.2. The molecule has 0 amide bonds. The normalized spacial score (nSPS) is 12.0. The van der Waals surface area contributed by atoms with Gasteiger partial charge in [-0.2, -0.15) is 0 Å². The number of hydrogen-bond acceptors (Lipinski definition) is 2. The fourth-order valence-corrected chi connectivity index (χ4v) is 7.87. The van der Waals surface area contributed by atoms with Crippen LogP contribution in [0.1, 0.15) is 22.8 Å². The number of benzene rings is 4. The number of aromatic amines is 2. The van der Waals surface area contributed by atoms with Crippen molar-refractivity contribution in [1.82, 2.24) is 19.9 Å². The van der Waals surface area contributed by atoms with Crippen molar-refractivity contribution in [2.75, 3.05) is 0 Å². The molecule has 0 unspecified atom stereocenters. The maximum atomic E-state index is 5.40. The van der Waals surface area contributed by atoms with Crippen molar-refractivity contribution in [2.45, 2.75) is 0 Å². The first kappa shape index (κ1) is 29.4. The van der Waals surface area contributed by atoms with Crippen LogP contribution in [-0.2, 0) is 0 Å². The van der Waals surface area contributed by atoms with Crippen LogP contribution in [0.5, 0.6) is 0 Å². The van der Waals surface area contributed by atoms with Gasteiger partial charge in [0.25, 0.3) is 0 Å². The van der Waals surface area contributed by atoms with E-state index in [1.807, 2.05) is 0 Å². The molecule has 0 atom stereocenters. The first-order valence-electron chi connectivity index (χ1n) is 16.3. The molecular formula is C44H29N4Sn. The molecule has 4 nitrogen and oxygen atoms in total.